The molecule has 0 unspecified atom stereocenters. The van der Waals surface area contributed by atoms with Gasteiger partial charge in [-0.1, -0.05) is 30.8 Å². The van der Waals surface area contributed by atoms with Gasteiger partial charge in [0.15, 0.2) is 5.82 Å². The van der Waals surface area contributed by atoms with E-state index in [0.717, 1.165) is 24.2 Å². The van der Waals surface area contributed by atoms with Crippen molar-refractivity contribution < 1.29 is 13.9 Å². The Morgan fingerprint density at radius 3 is 2.60 bits per heavy atom. The molecule has 156 valence electrons. The fraction of sp³-hybridized carbons (Fsp3) is 0.286. The minimum absolute atomic E-state index is 0.182. The van der Waals surface area contributed by atoms with Crippen LogP contribution in [0.5, 0.6) is 5.75 Å². The molecule has 2 heterocycles. The van der Waals surface area contributed by atoms with Gasteiger partial charge < -0.3 is 15.5 Å². The normalized spacial score (nSPS) is 17.7. The molecule has 1 aliphatic rings. The number of hydrogen-bond acceptors (Lipinski definition) is 6. The fourth-order valence-corrected chi connectivity index (χ4v) is 4.39. The first-order valence-corrected chi connectivity index (χ1v) is 10.5. The minimum Gasteiger partial charge on any atom is -0.497 e. The number of benzene rings is 2. The molecule has 0 saturated carbocycles. The third-order valence-electron chi connectivity index (χ3n) is 4.82. The fourth-order valence-electron chi connectivity index (χ4n) is 3.29. The van der Waals surface area contributed by atoms with Crippen LogP contribution in [0.3, 0.4) is 0 Å². The summed E-state index contributed by atoms with van der Waals surface area (Å²) in [5.41, 5.74) is 4.84. The molecule has 0 saturated heterocycles. The summed E-state index contributed by atoms with van der Waals surface area (Å²) in [7, 11) is 1.59. The maximum Gasteiger partial charge on any atom is 0.240 e. The maximum absolute atomic E-state index is 13.5. The molecule has 0 aliphatic carbocycles. The summed E-state index contributed by atoms with van der Waals surface area (Å²) >= 11 is 1.34. The van der Waals surface area contributed by atoms with Crippen LogP contribution in [0.2, 0.25) is 0 Å². The van der Waals surface area contributed by atoms with Crippen LogP contribution >= 0.6 is 11.8 Å². The molecule has 0 fully saturated rings. The Hall–Kier alpha value is -3.07. The minimum atomic E-state index is -0.524. The summed E-state index contributed by atoms with van der Waals surface area (Å²) in [6.45, 7) is 2.07. The third-order valence-corrected chi connectivity index (χ3v) is 6.04. The number of fused-ring (bicyclic) bond motifs is 1. The van der Waals surface area contributed by atoms with Gasteiger partial charge >= 0.3 is 0 Å². The van der Waals surface area contributed by atoms with Crippen molar-refractivity contribution in [2.24, 2.45) is 0 Å². The number of thioether (sulfide) groups is 1. The smallest absolute Gasteiger partial charge is 0.240 e. The van der Waals surface area contributed by atoms with Crippen molar-refractivity contribution in [2.45, 2.75) is 36.2 Å². The maximum atomic E-state index is 13.5. The molecule has 1 aliphatic heterocycles. The first-order chi connectivity index (χ1) is 14.6. The molecular formula is C21H22FN5O2S. The highest BCUT2D eigenvalue weighted by Crippen LogP contribution is 2.37. The summed E-state index contributed by atoms with van der Waals surface area (Å²) in [4.78, 5) is 13.2. The van der Waals surface area contributed by atoms with Crippen LogP contribution in [0.4, 0.5) is 10.1 Å². The van der Waals surface area contributed by atoms with Crippen molar-refractivity contribution in [3.8, 4) is 5.75 Å². The van der Waals surface area contributed by atoms with Crippen molar-refractivity contribution in [3.05, 3.63) is 65.7 Å². The van der Waals surface area contributed by atoms with E-state index in [0.29, 0.717) is 16.6 Å². The van der Waals surface area contributed by atoms with Crippen LogP contribution in [-0.2, 0) is 11.2 Å². The van der Waals surface area contributed by atoms with Crippen molar-refractivity contribution in [1.82, 2.24) is 14.9 Å². The SMILES string of the molecule is CCCc1nnc2n1N[C@@H](c1ccc(F)cc1)[C@@H](C(=O)Nc1ccc(OC)cc1)S2. The number of nitrogens with one attached hydrogen (secondary N) is 2. The predicted octanol–water partition coefficient (Wildman–Crippen LogP) is 3.78. The number of ether oxygens (including phenoxy) is 1. The van der Waals surface area contributed by atoms with E-state index in [1.165, 1.54) is 23.9 Å². The molecule has 4 rings (SSSR count). The highest BCUT2D eigenvalue weighted by atomic mass is 32.2. The van der Waals surface area contributed by atoms with Gasteiger partial charge in [0.05, 0.1) is 13.2 Å². The monoisotopic (exact) mass is 427 g/mol. The quantitative estimate of drug-likeness (QED) is 0.623. The number of hydrogen-bond donors (Lipinski definition) is 2. The zero-order chi connectivity index (χ0) is 21.1. The number of nitrogens with zero attached hydrogens (tertiary/aromatic N) is 3. The number of carbonyl (C=O) groups is 1. The number of carbonyl (C=O) groups excluding carboxylic acids is 1. The second kappa shape index (κ2) is 8.74. The second-order valence-electron chi connectivity index (χ2n) is 6.90. The summed E-state index contributed by atoms with van der Waals surface area (Å²) in [6.07, 6.45) is 1.69. The number of aromatic nitrogens is 3. The van der Waals surface area contributed by atoms with Gasteiger partial charge in [-0.15, -0.1) is 10.2 Å². The van der Waals surface area contributed by atoms with Crippen molar-refractivity contribution >= 4 is 23.4 Å². The Bertz CT molecular complexity index is 1020. The van der Waals surface area contributed by atoms with E-state index < -0.39 is 5.25 Å². The Balaban J connectivity index is 1.63. The van der Waals surface area contributed by atoms with Gasteiger partial charge in [0.2, 0.25) is 11.1 Å². The highest BCUT2D eigenvalue weighted by molar-refractivity contribution is 8.00. The molecule has 2 N–H and O–H groups in total. The molecule has 9 heteroatoms. The predicted molar refractivity (Wildman–Crippen MR) is 114 cm³/mol. The van der Waals surface area contributed by atoms with Crippen LogP contribution in [-0.4, -0.2) is 33.1 Å². The largest absolute Gasteiger partial charge is 0.497 e. The molecule has 1 amide bonds. The lowest BCUT2D eigenvalue weighted by molar-refractivity contribution is -0.116. The van der Waals surface area contributed by atoms with Crippen molar-refractivity contribution in [1.29, 1.82) is 0 Å². The Morgan fingerprint density at radius 2 is 1.93 bits per heavy atom. The van der Waals surface area contributed by atoms with Gasteiger partial charge in [-0.05, 0) is 48.4 Å². The third kappa shape index (κ3) is 4.11. The van der Waals surface area contributed by atoms with Gasteiger partial charge in [-0.3, -0.25) is 4.79 Å². The number of halogens is 1. The second-order valence-corrected chi connectivity index (χ2v) is 8.01. The van der Waals surface area contributed by atoms with Gasteiger partial charge in [0.1, 0.15) is 16.8 Å². The highest BCUT2D eigenvalue weighted by Gasteiger charge is 2.37. The standard InChI is InChI=1S/C21H22FN5O2S/c1-3-4-17-24-25-21-27(17)26-18(13-5-7-14(22)8-6-13)19(30-21)20(28)23-15-9-11-16(29-2)12-10-15/h5-12,18-19,26H,3-4H2,1-2H3,(H,23,28)/t18-,19-/m0/s1. The van der Waals surface area contributed by atoms with Crippen LogP contribution in [0.25, 0.3) is 0 Å². The Kier molecular flexibility index (Phi) is 5.89. The lowest BCUT2D eigenvalue weighted by Gasteiger charge is -2.33. The van der Waals surface area contributed by atoms with Crippen LogP contribution < -0.4 is 15.5 Å². The van der Waals surface area contributed by atoms with E-state index in [4.69, 9.17) is 4.74 Å². The van der Waals surface area contributed by atoms with Crippen molar-refractivity contribution in [2.75, 3.05) is 17.9 Å². The first kappa shape index (κ1) is 20.2. The Labute approximate surface area is 178 Å². The zero-order valence-electron chi connectivity index (χ0n) is 16.6. The lowest BCUT2D eigenvalue weighted by atomic mass is 10.0. The number of rotatable bonds is 6. The summed E-state index contributed by atoms with van der Waals surface area (Å²) < 4.78 is 20.5. The molecule has 1 aromatic heterocycles. The van der Waals surface area contributed by atoms with Crippen LogP contribution in [0.1, 0.15) is 30.8 Å². The average Bonchev–Trinajstić information content (AvgIpc) is 3.16. The molecule has 30 heavy (non-hydrogen) atoms. The topological polar surface area (TPSA) is 81.1 Å². The molecule has 0 spiro atoms. The molecule has 7 nitrogen and oxygen atoms in total. The molecule has 3 aromatic rings. The van der Waals surface area contributed by atoms with Gasteiger partial charge in [-0.2, -0.15) is 0 Å². The van der Waals surface area contributed by atoms with Gasteiger partial charge in [0.25, 0.3) is 0 Å². The summed E-state index contributed by atoms with van der Waals surface area (Å²) in [5.74, 6) is 1.01. The number of methoxy groups -OCH3 is 1. The molecular weight excluding hydrogens is 405 g/mol. The molecule has 2 atom stereocenters. The average molecular weight is 428 g/mol. The molecule has 0 bridgehead atoms. The van der Waals surface area contributed by atoms with E-state index in [9.17, 15) is 9.18 Å². The number of aryl methyl sites for hydroxylation is 1. The van der Waals surface area contributed by atoms with E-state index in [2.05, 4.69) is 27.9 Å². The van der Waals surface area contributed by atoms with Crippen LogP contribution in [0, 0.1) is 5.82 Å². The summed E-state index contributed by atoms with van der Waals surface area (Å²) in [5, 5.41) is 11.5. The Morgan fingerprint density at radius 1 is 1.20 bits per heavy atom. The van der Waals surface area contributed by atoms with E-state index in [1.54, 1.807) is 43.5 Å². The zero-order valence-corrected chi connectivity index (χ0v) is 17.4. The van der Waals surface area contributed by atoms with E-state index in [-0.39, 0.29) is 17.8 Å². The van der Waals surface area contributed by atoms with Gasteiger partial charge in [-0.25, -0.2) is 9.07 Å². The van der Waals surface area contributed by atoms with Gasteiger partial charge in [0, 0.05) is 12.1 Å². The van der Waals surface area contributed by atoms with E-state index >= 15 is 0 Å². The number of amides is 1. The lowest BCUT2D eigenvalue weighted by Crippen LogP contribution is -2.41. The van der Waals surface area contributed by atoms with Crippen molar-refractivity contribution in [3.63, 3.8) is 0 Å². The molecule has 0 radical (unpaired) electrons. The van der Waals surface area contributed by atoms with Crippen LogP contribution in [0.15, 0.2) is 53.7 Å². The van der Waals surface area contributed by atoms with E-state index in [1.807, 2.05) is 4.68 Å². The summed E-state index contributed by atoms with van der Waals surface area (Å²) in [6, 6.07) is 12.9. The number of anilines is 1. The molecule has 2 aromatic carbocycles. The first-order valence-electron chi connectivity index (χ1n) is 9.67.